The lowest BCUT2D eigenvalue weighted by Crippen LogP contribution is -2.40. The molecule has 0 spiro atoms. The number of aliphatic hydroxyl groups excluding tert-OH is 1. The summed E-state index contributed by atoms with van der Waals surface area (Å²) in [6.07, 6.45) is -1.66. The number of aliphatic hydroxyl groups is 1. The van der Waals surface area contributed by atoms with E-state index < -0.39 is 34.5 Å². The third-order valence-corrected chi connectivity index (χ3v) is 3.86. The van der Waals surface area contributed by atoms with Crippen molar-refractivity contribution in [1.82, 2.24) is 4.72 Å². The number of ether oxygens (including phenoxy) is 1. The standard InChI is InChI=1S/C11H14N2O6S/c1-19-11(16)7-4-2-3-5-9(7)20(17,18)13-6-8(14)10(12)15/h2-5,8,13-14H,6H2,1H3,(H2,12,15). The molecule has 0 aliphatic carbocycles. The Morgan fingerprint density at radius 1 is 1.40 bits per heavy atom. The Hall–Kier alpha value is -1.97. The molecule has 0 saturated carbocycles. The van der Waals surface area contributed by atoms with Crippen LogP contribution >= 0.6 is 0 Å². The molecule has 1 amide bonds. The largest absolute Gasteiger partial charge is 0.465 e. The molecular weight excluding hydrogens is 288 g/mol. The highest BCUT2D eigenvalue weighted by Crippen LogP contribution is 2.16. The van der Waals surface area contributed by atoms with Gasteiger partial charge < -0.3 is 15.6 Å². The van der Waals surface area contributed by atoms with Gasteiger partial charge in [0, 0.05) is 6.54 Å². The maximum atomic E-state index is 12.0. The Kier molecular flexibility index (Phi) is 5.19. The minimum atomic E-state index is -4.09. The maximum Gasteiger partial charge on any atom is 0.339 e. The molecule has 0 aromatic heterocycles. The monoisotopic (exact) mass is 302 g/mol. The molecule has 110 valence electrons. The van der Waals surface area contributed by atoms with Crippen LogP contribution in [-0.4, -0.2) is 45.2 Å². The second-order valence-corrected chi connectivity index (χ2v) is 5.49. The summed E-state index contributed by atoms with van der Waals surface area (Å²) in [7, 11) is -2.97. The zero-order chi connectivity index (χ0) is 15.3. The number of rotatable bonds is 6. The molecule has 1 aromatic carbocycles. The van der Waals surface area contributed by atoms with Gasteiger partial charge in [0.05, 0.1) is 17.6 Å². The van der Waals surface area contributed by atoms with E-state index in [1.807, 2.05) is 4.72 Å². The summed E-state index contributed by atoms with van der Waals surface area (Å²) in [4.78, 5) is 21.8. The molecule has 0 fully saturated rings. The molecule has 1 atom stereocenters. The van der Waals surface area contributed by atoms with Gasteiger partial charge in [-0.2, -0.15) is 0 Å². The molecule has 0 heterocycles. The number of esters is 1. The number of carbonyl (C=O) groups is 2. The van der Waals surface area contributed by atoms with Crippen LogP contribution in [0.1, 0.15) is 10.4 Å². The first kappa shape index (κ1) is 16.1. The third kappa shape index (κ3) is 3.76. The van der Waals surface area contributed by atoms with Crippen molar-refractivity contribution in [2.24, 2.45) is 5.73 Å². The quantitative estimate of drug-likeness (QED) is 0.553. The first-order valence-electron chi connectivity index (χ1n) is 5.44. The molecule has 20 heavy (non-hydrogen) atoms. The van der Waals surface area contributed by atoms with Crippen molar-refractivity contribution in [3.63, 3.8) is 0 Å². The van der Waals surface area contributed by atoms with E-state index in [0.29, 0.717) is 0 Å². The second-order valence-electron chi connectivity index (χ2n) is 3.76. The predicted octanol–water partition coefficient (Wildman–Crippen LogP) is -1.40. The van der Waals surface area contributed by atoms with Crippen molar-refractivity contribution < 1.29 is 27.9 Å². The zero-order valence-corrected chi connectivity index (χ0v) is 11.4. The van der Waals surface area contributed by atoms with Gasteiger partial charge in [-0.1, -0.05) is 12.1 Å². The summed E-state index contributed by atoms with van der Waals surface area (Å²) in [6.45, 7) is -0.590. The van der Waals surface area contributed by atoms with Crippen LogP contribution in [0.3, 0.4) is 0 Å². The van der Waals surface area contributed by atoms with Gasteiger partial charge in [-0.05, 0) is 12.1 Å². The smallest absolute Gasteiger partial charge is 0.339 e. The molecule has 1 rings (SSSR count). The SMILES string of the molecule is COC(=O)c1ccccc1S(=O)(=O)NCC(O)C(N)=O. The average molecular weight is 302 g/mol. The van der Waals surface area contributed by atoms with Crippen LogP contribution < -0.4 is 10.5 Å². The van der Waals surface area contributed by atoms with Crippen LogP contribution in [0, 0.1) is 0 Å². The molecule has 1 unspecified atom stereocenters. The molecule has 0 bridgehead atoms. The van der Waals surface area contributed by atoms with E-state index in [0.717, 1.165) is 7.11 Å². The maximum absolute atomic E-state index is 12.0. The second kappa shape index (κ2) is 6.46. The van der Waals surface area contributed by atoms with Gasteiger partial charge in [0.25, 0.3) is 0 Å². The fourth-order valence-corrected chi connectivity index (χ4v) is 2.58. The molecule has 0 radical (unpaired) electrons. The minimum Gasteiger partial charge on any atom is -0.465 e. The van der Waals surface area contributed by atoms with Crippen LogP contribution in [0.4, 0.5) is 0 Å². The van der Waals surface area contributed by atoms with Gasteiger partial charge in [0.15, 0.2) is 0 Å². The van der Waals surface area contributed by atoms with Gasteiger partial charge in [0.1, 0.15) is 6.10 Å². The van der Waals surface area contributed by atoms with E-state index in [9.17, 15) is 18.0 Å². The van der Waals surface area contributed by atoms with Crippen LogP contribution in [0.15, 0.2) is 29.2 Å². The van der Waals surface area contributed by atoms with Gasteiger partial charge in [0.2, 0.25) is 15.9 Å². The van der Waals surface area contributed by atoms with E-state index in [4.69, 9.17) is 10.8 Å². The van der Waals surface area contributed by atoms with Crippen molar-refractivity contribution in [2.75, 3.05) is 13.7 Å². The number of benzene rings is 1. The molecule has 8 nitrogen and oxygen atoms in total. The Bertz CT molecular complexity index is 613. The first-order valence-corrected chi connectivity index (χ1v) is 6.92. The number of methoxy groups -OCH3 is 1. The molecule has 0 aliphatic heterocycles. The summed E-state index contributed by atoms with van der Waals surface area (Å²) in [5.74, 6) is -1.88. The molecule has 4 N–H and O–H groups in total. The Morgan fingerprint density at radius 2 is 2.00 bits per heavy atom. The van der Waals surface area contributed by atoms with E-state index in [1.54, 1.807) is 0 Å². The van der Waals surface area contributed by atoms with Crippen LogP contribution in [0.5, 0.6) is 0 Å². The summed E-state index contributed by atoms with van der Waals surface area (Å²) >= 11 is 0. The topological polar surface area (TPSA) is 136 Å². The highest BCUT2D eigenvalue weighted by atomic mass is 32.2. The number of hydrogen-bond donors (Lipinski definition) is 3. The van der Waals surface area contributed by atoms with Crippen molar-refractivity contribution in [3.05, 3.63) is 29.8 Å². The molecular formula is C11H14N2O6S. The summed E-state index contributed by atoms with van der Waals surface area (Å²) in [6, 6.07) is 5.38. The lowest BCUT2D eigenvalue weighted by Gasteiger charge is -2.11. The highest BCUT2D eigenvalue weighted by Gasteiger charge is 2.24. The fraction of sp³-hybridized carbons (Fsp3) is 0.273. The predicted molar refractivity (Wildman–Crippen MR) is 68.2 cm³/mol. The van der Waals surface area contributed by atoms with Crippen LogP contribution in [0.2, 0.25) is 0 Å². The van der Waals surface area contributed by atoms with Crippen molar-refractivity contribution >= 4 is 21.9 Å². The lowest BCUT2D eigenvalue weighted by molar-refractivity contribution is -0.125. The van der Waals surface area contributed by atoms with Gasteiger partial charge in [-0.3, -0.25) is 4.79 Å². The van der Waals surface area contributed by atoms with Crippen molar-refractivity contribution in [2.45, 2.75) is 11.0 Å². The van der Waals surface area contributed by atoms with Crippen LogP contribution in [0.25, 0.3) is 0 Å². The number of nitrogens with one attached hydrogen (secondary N) is 1. The normalized spacial score (nSPS) is 12.7. The minimum absolute atomic E-state index is 0.156. The number of carbonyl (C=O) groups excluding carboxylic acids is 2. The van der Waals surface area contributed by atoms with E-state index in [2.05, 4.69) is 4.74 Å². The first-order chi connectivity index (χ1) is 9.29. The van der Waals surface area contributed by atoms with Gasteiger partial charge in [-0.25, -0.2) is 17.9 Å². The average Bonchev–Trinajstić information content (AvgIpc) is 2.43. The van der Waals surface area contributed by atoms with E-state index in [-0.39, 0.29) is 10.5 Å². The van der Waals surface area contributed by atoms with E-state index in [1.165, 1.54) is 24.3 Å². The number of nitrogens with two attached hydrogens (primary N) is 1. The summed E-state index contributed by atoms with van der Waals surface area (Å²) in [5.41, 5.74) is 4.65. The van der Waals surface area contributed by atoms with E-state index >= 15 is 0 Å². The lowest BCUT2D eigenvalue weighted by atomic mass is 10.2. The summed E-state index contributed by atoms with van der Waals surface area (Å²) < 4.78 is 30.5. The number of hydrogen-bond acceptors (Lipinski definition) is 6. The Morgan fingerprint density at radius 3 is 2.55 bits per heavy atom. The molecule has 9 heteroatoms. The fourth-order valence-electron chi connectivity index (χ4n) is 1.35. The molecule has 1 aromatic rings. The Labute approximate surface area is 115 Å². The Balaban J connectivity index is 3.04. The van der Waals surface area contributed by atoms with Crippen molar-refractivity contribution in [3.8, 4) is 0 Å². The van der Waals surface area contributed by atoms with Crippen molar-refractivity contribution in [1.29, 1.82) is 0 Å². The van der Waals surface area contributed by atoms with Gasteiger partial charge >= 0.3 is 5.97 Å². The van der Waals surface area contributed by atoms with Gasteiger partial charge in [-0.15, -0.1) is 0 Å². The number of amides is 1. The number of sulfonamides is 1. The molecule has 0 saturated heterocycles. The number of primary amides is 1. The zero-order valence-electron chi connectivity index (χ0n) is 10.6. The molecule has 0 aliphatic rings. The summed E-state index contributed by atoms with van der Waals surface area (Å²) in [5, 5.41) is 9.17. The third-order valence-electron chi connectivity index (χ3n) is 2.38. The highest BCUT2D eigenvalue weighted by molar-refractivity contribution is 7.89. The van der Waals surface area contributed by atoms with Crippen LogP contribution in [-0.2, 0) is 19.6 Å².